The molecule has 3 fully saturated rings. The van der Waals surface area contributed by atoms with Crippen LogP contribution in [0.15, 0.2) is 6.33 Å². The predicted octanol–water partition coefficient (Wildman–Crippen LogP) is -0.488. The number of aromatic amines is 1. The second kappa shape index (κ2) is 6.55. The predicted molar refractivity (Wildman–Crippen MR) is 102 cm³/mol. The lowest BCUT2D eigenvalue weighted by molar-refractivity contribution is -0.137. The summed E-state index contributed by atoms with van der Waals surface area (Å²) in [6.07, 6.45) is 5.89. The molecule has 1 amide bonds. The molecule has 8 nitrogen and oxygen atoms in total. The Bertz CT molecular complexity index is 711. The van der Waals surface area contributed by atoms with Gasteiger partial charge in [-0.15, -0.1) is 0 Å². The van der Waals surface area contributed by atoms with Gasteiger partial charge in [-0.05, 0) is 39.9 Å². The Hall–Kier alpha value is -1.48. The number of fused-ring (bicyclic) bond motifs is 3. The maximum atomic E-state index is 13.3. The maximum absolute atomic E-state index is 13.3. The van der Waals surface area contributed by atoms with E-state index in [0.29, 0.717) is 12.0 Å². The quantitative estimate of drug-likeness (QED) is 0.617. The Labute approximate surface area is 160 Å². The fraction of sp³-hybridized carbons (Fsp3) is 0.789. The Morgan fingerprint density at radius 3 is 2.81 bits per heavy atom. The molecule has 3 unspecified atom stereocenters. The Balaban J connectivity index is 1.29. The van der Waals surface area contributed by atoms with Crippen molar-refractivity contribution in [3.05, 3.63) is 17.7 Å². The molecule has 27 heavy (non-hydrogen) atoms. The van der Waals surface area contributed by atoms with Crippen LogP contribution in [0.1, 0.15) is 30.7 Å². The number of likely N-dealkylation sites (tertiary alicyclic amines) is 2. The number of likely N-dealkylation sites (N-methyl/N-ethyl adjacent to an activating group) is 1. The van der Waals surface area contributed by atoms with Crippen LogP contribution in [-0.4, -0.2) is 89.5 Å². The van der Waals surface area contributed by atoms with E-state index in [2.05, 4.69) is 49.6 Å². The standard InChI is InChI=1S/C19H31N7O/c1-24-7-3-14-13(11-24)16(23-22-14)18(27)26-9-5-19(6-10-26)17-15(20-12-21-17)4-8-25(19)2/h12-14,16,22-23H,3-11H2,1-2H3,(H,20,21). The van der Waals surface area contributed by atoms with Crippen LogP contribution in [0.4, 0.5) is 0 Å². The number of carbonyl (C=O) groups is 1. The third kappa shape index (κ3) is 2.73. The van der Waals surface area contributed by atoms with Crippen LogP contribution in [0, 0.1) is 5.92 Å². The number of nitrogens with zero attached hydrogens (tertiary/aromatic N) is 4. The van der Waals surface area contributed by atoms with E-state index in [0.717, 1.165) is 58.4 Å². The summed E-state index contributed by atoms with van der Waals surface area (Å²) in [7, 11) is 4.36. The first-order valence-electron chi connectivity index (χ1n) is 10.3. The minimum absolute atomic E-state index is 0.0146. The molecular weight excluding hydrogens is 342 g/mol. The molecule has 0 radical (unpaired) electrons. The van der Waals surface area contributed by atoms with Crippen molar-refractivity contribution >= 4 is 5.91 Å². The summed E-state index contributed by atoms with van der Waals surface area (Å²) in [4.78, 5) is 28.1. The topological polar surface area (TPSA) is 79.5 Å². The van der Waals surface area contributed by atoms with Gasteiger partial charge in [0.25, 0.3) is 0 Å². The normalized spacial score (nSPS) is 33.9. The van der Waals surface area contributed by atoms with Gasteiger partial charge >= 0.3 is 0 Å². The molecule has 3 atom stereocenters. The van der Waals surface area contributed by atoms with Crippen molar-refractivity contribution in [2.75, 3.05) is 46.8 Å². The molecule has 8 heteroatoms. The highest BCUT2D eigenvalue weighted by atomic mass is 16.2. The van der Waals surface area contributed by atoms with Gasteiger partial charge in [-0.1, -0.05) is 0 Å². The van der Waals surface area contributed by atoms with Crippen LogP contribution < -0.4 is 10.9 Å². The summed E-state index contributed by atoms with van der Waals surface area (Å²) in [5.74, 6) is 0.628. The molecule has 1 aromatic rings. The molecular formula is C19H31N7O. The number of hydrogen-bond acceptors (Lipinski definition) is 6. The van der Waals surface area contributed by atoms with E-state index in [1.165, 1.54) is 11.4 Å². The zero-order valence-corrected chi connectivity index (χ0v) is 16.4. The summed E-state index contributed by atoms with van der Waals surface area (Å²) >= 11 is 0. The lowest BCUT2D eigenvalue weighted by atomic mass is 9.79. The summed E-state index contributed by atoms with van der Waals surface area (Å²) in [5, 5.41) is 0. The molecule has 4 aliphatic rings. The molecule has 0 saturated carbocycles. The fourth-order valence-corrected chi connectivity index (χ4v) is 5.72. The van der Waals surface area contributed by atoms with E-state index in [4.69, 9.17) is 0 Å². The number of nitrogens with one attached hydrogen (secondary N) is 3. The largest absolute Gasteiger partial charge is 0.348 e. The number of rotatable bonds is 1. The van der Waals surface area contributed by atoms with Crippen molar-refractivity contribution in [2.24, 2.45) is 5.92 Å². The molecule has 0 bridgehead atoms. The first-order chi connectivity index (χ1) is 13.1. The van der Waals surface area contributed by atoms with Gasteiger partial charge in [-0.2, -0.15) is 0 Å². The molecule has 1 spiro atoms. The minimum Gasteiger partial charge on any atom is -0.348 e. The average molecular weight is 374 g/mol. The maximum Gasteiger partial charge on any atom is 0.241 e. The summed E-state index contributed by atoms with van der Waals surface area (Å²) < 4.78 is 0. The van der Waals surface area contributed by atoms with Gasteiger partial charge in [0.1, 0.15) is 6.04 Å². The second-order valence-electron chi connectivity index (χ2n) is 8.85. The molecule has 5 heterocycles. The van der Waals surface area contributed by atoms with Gasteiger partial charge in [-0.25, -0.2) is 10.4 Å². The highest BCUT2D eigenvalue weighted by Gasteiger charge is 2.48. The average Bonchev–Trinajstić information content (AvgIpc) is 3.32. The van der Waals surface area contributed by atoms with Crippen molar-refractivity contribution in [2.45, 2.75) is 43.3 Å². The lowest BCUT2D eigenvalue weighted by Gasteiger charge is -2.49. The number of hydrogen-bond donors (Lipinski definition) is 3. The summed E-state index contributed by atoms with van der Waals surface area (Å²) in [6.45, 7) is 4.74. The molecule has 3 N–H and O–H groups in total. The van der Waals surface area contributed by atoms with Gasteiger partial charge in [0.15, 0.2) is 0 Å². The molecule has 0 aromatic carbocycles. The van der Waals surface area contributed by atoms with E-state index < -0.39 is 0 Å². The molecule has 1 aromatic heterocycles. The van der Waals surface area contributed by atoms with E-state index in [1.807, 2.05) is 6.33 Å². The molecule has 3 saturated heterocycles. The van der Waals surface area contributed by atoms with Crippen LogP contribution in [0.25, 0.3) is 0 Å². The van der Waals surface area contributed by atoms with Crippen LogP contribution in [0.5, 0.6) is 0 Å². The van der Waals surface area contributed by atoms with E-state index >= 15 is 0 Å². The SMILES string of the molecule is CN1CCC2NNC(C(=O)N3CCC4(CC3)c3nc[nH]c3CCN4C)C2C1. The second-order valence-corrected chi connectivity index (χ2v) is 8.85. The third-order valence-electron chi connectivity index (χ3n) is 7.47. The van der Waals surface area contributed by atoms with Crippen LogP contribution >= 0.6 is 0 Å². The number of imidazole rings is 1. The van der Waals surface area contributed by atoms with Crippen LogP contribution in [0.2, 0.25) is 0 Å². The van der Waals surface area contributed by atoms with E-state index in [1.54, 1.807) is 0 Å². The van der Waals surface area contributed by atoms with Gasteiger partial charge in [0, 0.05) is 50.3 Å². The number of piperidine rings is 2. The van der Waals surface area contributed by atoms with E-state index in [-0.39, 0.29) is 17.5 Å². The third-order valence-corrected chi connectivity index (χ3v) is 7.47. The number of carbonyl (C=O) groups excluding carboxylic acids is 1. The van der Waals surface area contributed by atoms with Crippen LogP contribution in [-0.2, 0) is 16.8 Å². The van der Waals surface area contributed by atoms with Crippen LogP contribution in [0.3, 0.4) is 0 Å². The Morgan fingerprint density at radius 2 is 2.00 bits per heavy atom. The summed E-state index contributed by atoms with van der Waals surface area (Å²) in [5.41, 5.74) is 9.16. The highest BCUT2D eigenvalue weighted by molar-refractivity contribution is 5.83. The van der Waals surface area contributed by atoms with Crippen molar-refractivity contribution in [1.82, 2.24) is 35.5 Å². The fourth-order valence-electron chi connectivity index (χ4n) is 5.72. The smallest absolute Gasteiger partial charge is 0.241 e. The number of amides is 1. The first kappa shape index (κ1) is 17.6. The van der Waals surface area contributed by atoms with Crippen molar-refractivity contribution in [1.29, 1.82) is 0 Å². The number of H-pyrrole nitrogens is 1. The van der Waals surface area contributed by atoms with Crippen molar-refractivity contribution in [3.63, 3.8) is 0 Å². The Morgan fingerprint density at radius 1 is 1.19 bits per heavy atom. The zero-order valence-electron chi connectivity index (χ0n) is 16.4. The monoisotopic (exact) mass is 373 g/mol. The molecule has 148 valence electrons. The Kier molecular flexibility index (Phi) is 4.27. The van der Waals surface area contributed by atoms with Gasteiger partial charge in [0.05, 0.1) is 17.6 Å². The van der Waals surface area contributed by atoms with Crippen molar-refractivity contribution < 1.29 is 4.79 Å². The van der Waals surface area contributed by atoms with Gasteiger partial charge < -0.3 is 14.8 Å². The molecule has 0 aliphatic carbocycles. The zero-order chi connectivity index (χ0) is 18.6. The number of aromatic nitrogens is 2. The molecule has 5 rings (SSSR count). The van der Waals surface area contributed by atoms with Crippen molar-refractivity contribution in [3.8, 4) is 0 Å². The van der Waals surface area contributed by atoms with Gasteiger partial charge in [0.2, 0.25) is 5.91 Å². The number of hydrazine groups is 1. The van der Waals surface area contributed by atoms with Gasteiger partial charge in [-0.3, -0.25) is 15.1 Å². The van der Waals surface area contributed by atoms with E-state index in [9.17, 15) is 4.79 Å². The minimum atomic E-state index is -0.100. The summed E-state index contributed by atoms with van der Waals surface area (Å²) in [6, 6.07) is 0.319. The lowest BCUT2D eigenvalue weighted by Crippen LogP contribution is -2.58. The highest BCUT2D eigenvalue weighted by Crippen LogP contribution is 2.41. The molecule has 4 aliphatic heterocycles. The first-order valence-corrected chi connectivity index (χ1v) is 10.3.